The first-order valence-electron chi connectivity index (χ1n) is 4.05. The molecule has 2 atom stereocenters. The van der Waals surface area contributed by atoms with Crippen LogP contribution in [0.5, 0.6) is 0 Å². The van der Waals surface area contributed by atoms with Crippen LogP contribution in [-0.2, 0) is 9.63 Å². The second-order valence-corrected chi connectivity index (χ2v) is 2.96. The van der Waals surface area contributed by atoms with Crippen LogP contribution in [0.4, 0.5) is 0 Å². The second kappa shape index (κ2) is 4.39. The van der Waals surface area contributed by atoms with Gasteiger partial charge in [-0.2, -0.15) is 5.48 Å². The van der Waals surface area contributed by atoms with E-state index >= 15 is 0 Å². The van der Waals surface area contributed by atoms with Gasteiger partial charge < -0.3 is 15.9 Å². The number of nitrogens with two attached hydrogens (primary N) is 1. The van der Waals surface area contributed by atoms with Crippen molar-refractivity contribution in [3.05, 3.63) is 0 Å². The molecule has 70 valence electrons. The minimum absolute atomic E-state index is 0.167. The zero-order valence-corrected chi connectivity index (χ0v) is 7.17. The summed E-state index contributed by atoms with van der Waals surface area (Å²) in [6.07, 6.45) is 1.69. The summed E-state index contributed by atoms with van der Waals surface area (Å²) in [6.45, 7) is 0.724. The van der Waals surface area contributed by atoms with Gasteiger partial charge in [0.25, 0.3) is 0 Å². The van der Waals surface area contributed by atoms with Crippen molar-refractivity contribution in [2.75, 3.05) is 13.7 Å². The number of piperidine rings is 1. The molecule has 5 nitrogen and oxygen atoms in total. The molecule has 1 rings (SSSR count). The Morgan fingerprint density at radius 1 is 1.67 bits per heavy atom. The SMILES string of the molecule is CON[C@@H]1CC[C@@H](C(N)=O)NC1. The lowest BCUT2D eigenvalue weighted by Gasteiger charge is -2.27. The fourth-order valence-electron chi connectivity index (χ4n) is 1.37. The summed E-state index contributed by atoms with van der Waals surface area (Å²) in [6, 6.07) is 0.116. The summed E-state index contributed by atoms with van der Waals surface area (Å²) in [5, 5.41) is 3.04. The summed E-state index contributed by atoms with van der Waals surface area (Å²) in [5.41, 5.74) is 7.96. The minimum Gasteiger partial charge on any atom is -0.368 e. The van der Waals surface area contributed by atoms with E-state index in [4.69, 9.17) is 10.6 Å². The molecule has 1 fully saturated rings. The predicted octanol–water partition coefficient (Wildman–Crippen LogP) is -1.26. The molecule has 4 N–H and O–H groups in total. The summed E-state index contributed by atoms with van der Waals surface area (Å²) in [4.78, 5) is 15.5. The maximum atomic E-state index is 10.7. The third kappa shape index (κ3) is 2.44. The molecule has 0 aromatic rings. The Morgan fingerprint density at radius 3 is 2.83 bits per heavy atom. The smallest absolute Gasteiger partial charge is 0.234 e. The van der Waals surface area contributed by atoms with Crippen molar-refractivity contribution in [2.24, 2.45) is 5.73 Å². The maximum absolute atomic E-state index is 10.7. The molecule has 1 aliphatic heterocycles. The zero-order valence-electron chi connectivity index (χ0n) is 7.17. The van der Waals surface area contributed by atoms with Crippen molar-refractivity contribution >= 4 is 5.91 Å². The molecule has 1 aliphatic rings. The number of rotatable bonds is 3. The van der Waals surface area contributed by atoms with Gasteiger partial charge in [-0.1, -0.05) is 0 Å². The molecular formula is C7H15N3O2. The summed E-state index contributed by atoms with van der Waals surface area (Å²) in [7, 11) is 1.58. The first kappa shape index (κ1) is 9.44. The van der Waals surface area contributed by atoms with Crippen LogP contribution < -0.4 is 16.5 Å². The van der Waals surface area contributed by atoms with Gasteiger partial charge >= 0.3 is 0 Å². The Balaban J connectivity index is 2.25. The maximum Gasteiger partial charge on any atom is 0.234 e. The van der Waals surface area contributed by atoms with Gasteiger partial charge in [0.05, 0.1) is 13.2 Å². The van der Waals surface area contributed by atoms with E-state index in [0.717, 1.165) is 19.4 Å². The molecule has 0 aromatic carbocycles. The van der Waals surface area contributed by atoms with E-state index in [0.29, 0.717) is 0 Å². The van der Waals surface area contributed by atoms with E-state index in [1.54, 1.807) is 7.11 Å². The third-order valence-corrected chi connectivity index (χ3v) is 2.04. The summed E-state index contributed by atoms with van der Waals surface area (Å²) >= 11 is 0. The lowest BCUT2D eigenvalue weighted by atomic mass is 10.0. The number of primary amides is 1. The lowest BCUT2D eigenvalue weighted by Crippen LogP contribution is -2.52. The monoisotopic (exact) mass is 173 g/mol. The van der Waals surface area contributed by atoms with Crippen molar-refractivity contribution in [1.29, 1.82) is 0 Å². The molecule has 1 saturated heterocycles. The molecule has 5 heteroatoms. The highest BCUT2D eigenvalue weighted by molar-refractivity contribution is 5.79. The van der Waals surface area contributed by atoms with Gasteiger partial charge in [0.2, 0.25) is 5.91 Å². The van der Waals surface area contributed by atoms with E-state index in [1.807, 2.05) is 0 Å². The molecule has 1 heterocycles. The summed E-state index contributed by atoms with van der Waals surface area (Å²) < 4.78 is 0. The van der Waals surface area contributed by atoms with Gasteiger partial charge in [0.1, 0.15) is 0 Å². The topological polar surface area (TPSA) is 76.4 Å². The molecule has 0 radical (unpaired) electrons. The van der Waals surface area contributed by atoms with Gasteiger partial charge in [-0.25, -0.2) is 0 Å². The Hall–Kier alpha value is -0.650. The van der Waals surface area contributed by atoms with Gasteiger partial charge in [0.15, 0.2) is 0 Å². The van der Waals surface area contributed by atoms with Crippen molar-refractivity contribution in [3.8, 4) is 0 Å². The van der Waals surface area contributed by atoms with E-state index in [2.05, 4.69) is 10.8 Å². The number of amides is 1. The fraction of sp³-hybridized carbons (Fsp3) is 0.857. The number of hydroxylamine groups is 1. The van der Waals surface area contributed by atoms with Crippen LogP contribution in [0.15, 0.2) is 0 Å². The molecule has 0 unspecified atom stereocenters. The van der Waals surface area contributed by atoms with Crippen LogP contribution >= 0.6 is 0 Å². The predicted molar refractivity (Wildman–Crippen MR) is 44.2 cm³/mol. The molecular weight excluding hydrogens is 158 g/mol. The molecule has 0 spiro atoms. The van der Waals surface area contributed by atoms with Gasteiger partial charge in [-0.3, -0.25) is 4.79 Å². The highest BCUT2D eigenvalue weighted by Gasteiger charge is 2.23. The van der Waals surface area contributed by atoms with Gasteiger partial charge in [-0.05, 0) is 12.8 Å². The molecule has 0 aliphatic carbocycles. The Labute approximate surface area is 71.6 Å². The zero-order chi connectivity index (χ0) is 8.97. The molecule has 12 heavy (non-hydrogen) atoms. The fourth-order valence-corrected chi connectivity index (χ4v) is 1.37. The standard InChI is InChI=1S/C7H15N3O2/c1-12-10-5-2-3-6(7(8)11)9-4-5/h5-6,9-10H,2-4H2,1H3,(H2,8,11)/t5-,6+/m1/s1. The third-order valence-electron chi connectivity index (χ3n) is 2.04. The minimum atomic E-state index is -0.272. The molecule has 0 aromatic heterocycles. The molecule has 1 amide bonds. The van der Waals surface area contributed by atoms with Gasteiger partial charge in [-0.15, -0.1) is 0 Å². The normalized spacial score (nSPS) is 30.1. The van der Waals surface area contributed by atoms with E-state index in [9.17, 15) is 4.79 Å². The molecule has 0 saturated carbocycles. The number of carbonyl (C=O) groups excluding carboxylic acids is 1. The Morgan fingerprint density at radius 2 is 2.42 bits per heavy atom. The Kier molecular flexibility index (Phi) is 3.46. The van der Waals surface area contributed by atoms with E-state index < -0.39 is 0 Å². The summed E-state index contributed by atoms with van der Waals surface area (Å²) in [5.74, 6) is -0.272. The first-order valence-corrected chi connectivity index (χ1v) is 4.05. The van der Waals surface area contributed by atoms with Crippen LogP contribution in [0, 0.1) is 0 Å². The van der Waals surface area contributed by atoms with E-state index in [1.165, 1.54) is 0 Å². The highest BCUT2D eigenvalue weighted by Crippen LogP contribution is 2.07. The van der Waals surface area contributed by atoms with Crippen LogP contribution in [-0.4, -0.2) is 31.6 Å². The van der Waals surface area contributed by atoms with Crippen molar-refractivity contribution in [1.82, 2.24) is 10.8 Å². The quantitative estimate of drug-likeness (QED) is 0.466. The van der Waals surface area contributed by atoms with E-state index in [-0.39, 0.29) is 18.0 Å². The van der Waals surface area contributed by atoms with Gasteiger partial charge in [0, 0.05) is 12.6 Å². The first-order chi connectivity index (χ1) is 5.74. The van der Waals surface area contributed by atoms with Crippen LogP contribution in [0.2, 0.25) is 0 Å². The lowest BCUT2D eigenvalue weighted by molar-refractivity contribution is -0.120. The van der Waals surface area contributed by atoms with Crippen LogP contribution in [0.1, 0.15) is 12.8 Å². The molecule has 0 bridgehead atoms. The number of hydrogen-bond donors (Lipinski definition) is 3. The van der Waals surface area contributed by atoms with Crippen LogP contribution in [0.3, 0.4) is 0 Å². The second-order valence-electron chi connectivity index (χ2n) is 2.96. The Bertz CT molecular complexity index is 155. The van der Waals surface area contributed by atoms with Crippen LogP contribution in [0.25, 0.3) is 0 Å². The van der Waals surface area contributed by atoms with Crippen molar-refractivity contribution < 1.29 is 9.63 Å². The highest BCUT2D eigenvalue weighted by atomic mass is 16.6. The average molecular weight is 173 g/mol. The number of carbonyl (C=O) groups is 1. The number of hydrogen-bond acceptors (Lipinski definition) is 4. The van der Waals surface area contributed by atoms with Crippen molar-refractivity contribution in [3.63, 3.8) is 0 Å². The van der Waals surface area contributed by atoms with Crippen molar-refractivity contribution in [2.45, 2.75) is 24.9 Å². The largest absolute Gasteiger partial charge is 0.368 e. The number of nitrogens with one attached hydrogen (secondary N) is 2. The average Bonchev–Trinajstić information content (AvgIpc) is 2.06.